The number of nitrogens with zero attached hydrogens (tertiary/aromatic N) is 2. The first-order chi connectivity index (χ1) is 8.75. The molecule has 0 amide bonds. The Kier molecular flexibility index (Phi) is 1.76. The van der Waals surface area contributed by atoms with Crippen LogP contribution < -0.4 is 5.43 Å². The van der Waals surface area contributed by atoms with Gasteiger partial charge in [0, 0.05) is 21.9 Å². The van der Waals surface area contributed by atoms with Gasteiger partial charge in [-0.1, -0.05) is 35.9 Å². The first kappa shape index (κ1) is 9.85. The Balaban J connectivity index is 2.49. The molecule has 3 nitrogen and oxygen atoms in total. The van der Waals surface area contributed by atoms with Gasteiger partial charge in [-0.3, -0.25) is 9.20 Å². The third kappa shape index (κ3) is 1.09. The summed E-state index contributed by atoms with van der Waals surface area (Å²) in [6.07, 6.45) is 1.78. The standard InChI is InChI=1S/C14H7ClN2O/c15-8-5-11-14(18)10-4-2-1-3-9(10)12-7-16-13(6-8)17(11)12/h1-7H. The third-order valence-electron chi connectivity index (χ3n) is 3.25. The Bertz CT molecular complexity index is 958. The van der Waals surface area contributed by atoms with Crippen molar-refractivity contribution in [1.82, 2.24) is 9.38 Å². The van der Waals surface area contributed by atoms with Gasteiger partial charge in [-0.05, 0) is 6.07 Å². The van der Waals surface area contributed by atoms with Gasteiger partial charge in [-0.15, -0.1) is 0 Å². The van der Waals surface area contributed by atoms with E-state index in [0.29, 0.717) is 21.6 Å². The molecular formula is C14H7ClN2O. The van der Waals surface area contributed by atoms with Gasteiger partial charge < -0.3 is 0 Å². The average Bonchev–Trinajstić information content (AvgIpc) is 2.80. The summed E-state index contributed by atoms with van der Waals surface area (Å²) in [7, 11) is 0. The molecule has 0 aliphatic heterocycles. The lowest BCUT2D eigenvalue weighted by Crippen LogP contribution is -2.07. The van der Waals surface area contributed by atoms with Crippen LogP contribution in [0.25, 0.3) is 27.5 Å². The van der Waals surface area contributed by atoms with Gasteiger partial charge in [0.15, 0.2) is 0 Å². The fraction of sp³-hybridized carbons (Fsp3) is 0. The predicted molar refractivity (Wildman–Crippen MR) is 72.7 cm³/mol. The van der Waals surface area contributed by atoms with Crippen LogP contribution in [0.5, 0.6) is 0 Å². The van der Waals surface area contributed by atoms with Crippen molar-refractivity contribution in [3.05, 3.63) is 57.8 Å². The normalized spacial score (nSPS) is 11.8. The molecule has 0 aliphatic carbocycles. The molecule has 3 aromatic heterocycles. The zero-order valence-corrected chi connectivity index (χ0v) is 9.98. The van der Waals surface area contributed by atoms with Crippen molar-refractivity contribution in [3.8, 4) is 0 Å². The Morgan fingerprint density at radius 1 is 1.06 bits per heavy atom. The molecule has 0 fully saturated rings. The zero-order valence-electron chi connectivity index (χ0n) is 9.22. The van der Waals surface area contributed by atoms with Gasteiger partial charge in [0.2, 0.25) is 5.43 Å². The van der Waals surface area contributed by atoms with Gasteiger partial charge in [-0.2, -0.15) is 0 Å². The van der Waals surface area contributed by atoms with Crippen LogP contribution in [0.15, 0.2) is 47.4 Å². The molecule has 0 saturated heterocycles. The number of pyridine rings is 2. The quantitative estimate of drug-likeness (QED) is 0.452. The van der Waals surface area contributed by atoms with Gasteiger partial charge in [-0.25, -0.2) is 4.98 Å². The molecule has 4 rings (SSSR count). The largest absolute Gasteiger partial charge is 0.289 e. The summed E-state index contributed by atoms with van der Waals surface area (Å²) in [5.74, 6) is 0. The molecule has 0 unspecified atom stereocenters. The van der Waals surface area contributed by atoms with E-state index in [0.717, 1.165) is 10.9 Å². The monoisotopic (exact) mass is 254 g/mol. The fourth-order valence-electron chi connectivity index (χ4n) is 2.48. The number of aromatic nitrogens is 2. The third-order valence-corrected chi connectivity index (χ3v) is 3.47. The van der Waals surface area contributed by atoms with Crippen LogP contribution in [0.3, 0.4) is 0 Å². The summed E-state index contributed by atoms with van der Waals surface area (Å²) in [4.78, 5) is 16.7. The van der Waals surface area contributed by atoms with Crippen molar-refractivity contribution < 1.29 is 0 Å². The molecule has 0 spiro atoms. The SMILES string of the molecule is O=c1c2ccccc2c2cnc3cc(Cl)cc1n32. The summed E-state index contributed by atoms with van der Waals surface area (Å²) in [5, 5.41) is 2.15. The Labute approximate surface area is 107 Å². The van der Waals surface area contributed by atoms with Crippen molar-refractivity contribution in [3.63, 3.8) is 0 Å². The van der Waals surface area contributed by atoms with E-state index in [1.807, 2.05) is 28.7 Å². The summed E-state index contributed by atoms with van der Waals surface area (Å²) in [6, 6.07) is 11.0. The first-order valence-electron chi connectivity index (χ1n) is 5.57. The highest BCUT2D eigenvalue weighted by Gasteiger charge is 2.12. The Hall–Kier alpha value is -2.13. The minimum absolute atomic E-state index is 0.0106. The molecule has 0 aliphatic rings. The number of halogens is 1. The van der Waals surface area contributed by atoms with Gasteiger partial charge in [0.1, 0.15) is 5.65 Å². The highest BCUT2D eigenvalue weighted by molar-refractivity contribution is 6.31. The van der Waals surface area contributed by atoms with E-state index in [4.69, 9.17) is 11.6 Å². The van der Waals surface area contributed by atoms with E-state index in [9.17, 15) is 4.79 Å². The van der Waals surface area contributed by atoms with E-state index in [1.165, 1.54) is 0 Å². The van der Waals surface area contributed by atoms with Crippen LogP contribution in [0, 0.1) is 0 Å². The Morgan fingerprint density at radius 3 is 2.67 bits per heavy atom. The van der Waals surface area contributed by atoms with Crippen molar-refractivity contribution in [2.75, 3.05) is 0 Å². The number of hydrogen-bond donors (Lipinski definition) is 0. The van der Waals surface area contributed by atoms with E-state index in [-0.39, 0.29) is 5.43 Å². The fourth-order valence-corrected chi connectivity index (χ4v) is 2.68. The van der Waals surface area contributed by atoms with Crippen molar-refractivity contribution >= 4 is 39.1 Å². The minimum atomic E-state index is -0.0106. The van der Waals surface area contributed by atoms with E-state index < -0.39 is 0 Å². The summed E-state index contributed by atoms with van der Waals surface area (Å²) >= 11 is 6.02. The van der Waals surface area contributed by atoms with E-state index in [1.54, 1.807) is 18.3 Å². The molecule has 86 valence electrons. The van der Waals surface area contributed by atoms with Crippen LogP contribution >= 0.6 is 11.6 Å². The molecule has 4 heteroatoms. The molecule has 4 aromatic rings. The summed E-state index contributed by atoms with van der Waals surface area (Å²) in [6.45, 7) is 0. The Morgan fingerprint density at radius 2 is 1.83 bits per heavy atom. The maximum atomic E-state index is 12.4. The number of rotatable bonds is 0. The molecule has 18 heavy (non-hydrogen) atoms. The molecule has 0 atom stereocenters. The molecular weight excluding hydrogens is 248 g/mol. The second kappa shape index (κ2) is 3.21. The maximum Gasteiger partial charge on any atom is 0.210 e. The number of benzene rings is 1. The summed E-state index contributed by atoms with van der Waals surface area (Å²) < 4.78 is 1.86. The number of fused-ring (bicyclic) bond motifs is 2. The van der Waals surface area contributed by atoms with E-state index in [2.05, 4.69) is 4.98 Å². The lowest BCUT2D eigenvalue weighted by molar-refractivity contribution is 1.28. The van der Waals surface area contributed by atoms with Gasteiger partial charge >= 0.3 is 0 Å². The smallest absolute Gasteiger partial charge is 0.210 e. The average molecular weight is 255 g/mol. The van der Waals surface area contributed by atoms with Crippen LogP contribution in [0.2, 0.25) is 5.02 Å². The van der Waals surface area contributed by atoms with Crippen LogP contribution in [0.4, 0.5) is 0 Å². The molecule has 0 bridgehead atoms. The second-order valence-electron chi connectivity index (χ2n) is 4.27. The van der Waals surface area contributed by atoms with Gasteiger partial charge in [0.25, 0.3) is 0 Å². The molecule has 0 radical (unpaired) electrons. The maximum absolute atomic E-state index is 12.4. The minimum Gasteiger partial charge on any atom is -0.289 e. The highest BCUT2D eigenvalue weighted by Crippen LogP contribution is 2.24. The van der Waals surface area contributed by atoms with Crippen molar-refractivity contribution in [1.29, 1.82) is 0 Å². The van der Waals surface area contributed by atoms with Gasteiger partial charge in [0.05, 0.1) is 17.2 Å². The predicted octanol–water partition coefficient (Wildman–Crippen LogP) is 3.09. The van der Waals surface area contributed by atoms with Crippen LogP contribution in [-0.2, 0) is 0 Å². The lowest BCUT2D eigenvalue weighted by Gasteiger charge is -2.05. The zero-order chi connectivity index (χ0) is 12.3. The molecule has 3 heterocycles. The second-order valence-corrected chi connectivity index (χ2v) is 4.71. The first-order valence-corrected chi connectivity index (χ1v) is 5.94. The number of imidazole rings is 1. The molecule has 0 saturated carbocycles. The van der Waals surface area contributed by atoms with E-state index >= 15 is 0 Å². The highest BCUT2D eigenvalue weighted by atomic mass is 35.5. The van der Waals surface area contributed by atoms with Crippen LogP contribution in [-0.4, -0.2) is 9.38 Å². The lowest BCUT2D eigenvalue weighted by atomic mass is 10.1. The van der Waals surface area contributed by atoms with Crippen molar-refractivity contribution in [2.24, 2.45) is 0 Å². The molecule has 0 N–H and O–H groups in total. The van der Waals surface area contributed by atoms with Crippen LogP contribution in [0.1, 0.15) is 0 Å². The van der Waals surface area contributed by atoms with Crippen molar-refractivity contribution in [2.45, 2.75) is 0 Å². The topological polar surface area (TPSA) is 34.4 Å². The number of hydrogen-bond acceptors (Lipinski definition) is 2. The molecule has 1 aromatic carbocycles. The summed E-state index contributed by atoms with van der Waals surface area (Å²) in [5.41, 5.74) is 2.20.